The van der Waals surface area contributed by atoms with Crippen LogP contribution in [0, 0.1) is 11.7 Å². The molecule has 11 heteroatoms. The van der Waals surface area contributed by atoms with E-state index in [0.29, 0.717) is 71.8 Å². The highest BCUT2D eigenvalue weighted by atomic mass is 35.5. The Bertz CT molecular complexity index is 1740. The predicted molar refractivity (Wildman–Crippen MR) is 156 cm³/mol. The molecule has 1 aromatic carbocycles. The summed E-state index contributed by atoms with van der Waals surface area (Å²) >= 11 is 6.06. The normalized spacial score (nSPS) is 25.3. The van der Waals surface area contributed by atoms with Crippen LogP contribution >= 0.6 is 11.6 Å². The fourth-order valence-electron chi connectivity index (χ4n) is 7.44. The van der Waals surface area contributed by atoms with Crippen LogP contribution in [0.4, 0.5) is 10.2 Å². The molecular weight excluding hydrogens is 559 g/mol. The van der Waals surface area contributed by atoms with Crippen molar-refractivity contribution in [1.82, 2.24) is 24.3 Å². The lowest BCUT2D eigenvalue weighted by atomic mass is 9.91. The van der Waals surface area contributed by atoms with Gasteiger partial charge in [-0.3, -0.25) is 14.0 Å². The number of nitrogens with zero attached hydrogens (tertiary/aromatic N) is 6. The highest BCUT2D eigenvalue weighted by molar-refractivity contribution is 6.30. The minimum absolute atomic E-state index is 0.0899. The van der Waals surface area contributed by atoms with Crippen molar-refractivity contribution in [2.75, 3.05) is 31.2 Å². The molecule has 42 heavy (non-hydrogen) atoms. The summed E-state index contributed by atoms with van der Waals surface area (Å²) in [7, 11) is 0. The van der Waals surface area contributed by atoms with E-state index in [0.717, 1.165) is 38.0 Å². The summed E-state index contributed by atoms with van der Waals surface area (Å²) in [5.41, 5.74) is 1.83. The second-order valence-electron chi connectivity index (χ2n) is 12.0. The Balaban J connectivity index is 1.14. The van der Waals surface area contributed by atoms with E-state index >= 15 is 4.39 Å². The molecule has 6 heterocycles. The number of hydrogen-bond donors (Lipinski definition) is 0. The van der Waals surface area contributed by atoms with Gasteiger partial charge in [0.05, 0.1) is 30.3 Å². The number of morpholine rings is 1. The number of ether oxygens (including phenoxy) is 2. The van der Waals surface area contributed by atoms with Gasteiger partial charge in [0.2, 0.25) is 0 Å². The van der Waals surface area contributed by atoms with Crippen molar-refractivity contribution in [2.24, 2.45) is 5.92 Å². The molecule has 0 bridgehead atoms. The van der Waals surface area contributed by atoms with Crippen molar-refractivity contribution >= 4 is 28.3 Å². The molecule has 0 unspecified atom stereocenters. The SMILES string of the molecule is O=c1c2cc(N3CCO[C@H](c4cnn(C[C@@]56CCC[C@@H]5CCO6)c4)C3)nc(-c3ccc(Cl)cc3F)c2nc2n1CCC2. The Morgan fingerprint density at radius 2 is 2.05 bits per heavy atom. The van der Waals surface area contributed by atoms with Crippen molar-refractivity contribution in [3.63, 3.8) is 0 Å². The summed E-state index contributed by atoms with van der Waals surface area (Å²) in [6.45, 7) is 3.83. The quantitative estimate of drug-likeness (QED) is 0.326. The summed E-state index contributed by atoms with van der Waals surface area (Å²) < 4.78 is 31.4. The van der Waals surface area contributed by atoms with Gasteiger partial charge in [-0.1, -0.05) is 18.0 Å². The first kappa shape index (κ1) is 26.3. The Morgan fingerprint density at radius 1 is 1.12 bits per heavy atom. The highest BCUT2D eigenvalue weighted by Gasteiger charge is 2.48. The number of pyridine rings is 1. The third-order valence-electron chi connectivity index (χ3n) is 9.57. The number of rotatable bonds is 5. The fraction of sp³-hybridized carbons (Fsp3) is 0.484. The van der Waals surface area contributed by atoms with Gasteiger partial charge in [-0.25, -0.2) is 14.4 Å². The summed E-state index contributed by atoms with van der Waals surface area (Å²) in [6.07, 6.45) is 9.97. The van der Waals surface area contributed by atoms with Gasteiger partial charge in [0, 0.05) is 55.0 Å². The lowest BCUT2D eigenvalue weighted by molar-refractivity contribution is -0.0247. The van der Waals surface area contributed by atoms with Crippen molar-refractivity contribution in [3.8, 4) is 11.3 Å². The van der Waals surface area contributed by atoms with Crippen molar-refractivity contribution in [3.05, 3.63) is 69.2 Å². The molecule has 3 fully saturated rings. The molecule has 0 radical (unpaired) electrons. The Morgan fingerprint density at radius 3 is 2.95 bits per heavy atom. The number of aryl methyl sites for hydroxylation is 1. The van der Waals surface area contributed by atoms with Crippen LogP contribution in [-0.4, -0.2) is 56.2 Å². The van der Waals surface area contributed by atoms with Crippen LogP contribution in [0.1, 0.15) is 49.6 Å². The van der Waals surface area contributed by atoms with Crippen molar-refractivity contribution < 1.29 is 13.9 Å². The van der Waals surface area contributed by atoms with Crippen LogP contribution in [0.25, 0.3) is 22.2 Å². The number of benzene rings is 1. The first-order valence-electron chi connectivity index (χ1n) is 14.9. The van der Waals surface area contributed by atoms with Gasteiger partial charge in [-0.15, -0.1) is 0 Å². The molecule has 9 nitrogen and oxygen atoms in total. The maximum atomic E-state index is 15.2. The van der Waals surface area contributed by atoms with E-state index in [-0.39, 0.29) is 22.8 Å². The predicted octanol–water partition coefficient (Wildman–Crippen LogP) is 4.93. The van der Waals surface area contributed by atoms with E-state index in [2.05, 4.69) is 16.2 Å². The van der Waals surface area contributed by atoms with Crippen molar-refractivity contribution in [1.29, 1.82) is 0 Å². The van der Waals surface area contributed by atoms with Crippen LogP contribution in [0.2, 0.25) is 5.02 Å². The van der Waals surface area contributed by atoms with Gasteiger partial charge in [-0.2, -0.15) is 5.10 Å². The zero-order valence-corrected chi connectivity index (χ0v) is 24.0. The number of fused-ring (bicyclic) bond motifs is 3. The topological polar surface area (TPSA) is 87.3 Å². The van der Waals surface area contributed by atoms with Gasteiger partial charge in [0.25, 0.3) is 5.56 Å². The third-order valence-corrected chi connectivity index (χ3v) is 9.81. The molecule has 218 valence electrons. The Labute approximate surface area is 247 Å². The van der Waals surface area contributed by atoms with E-state index in [4.69, 9.17) is 31.0 Å². The van der Waals surface area contributed by atoms with Crippen LogP contribution in [0.3, 0.4) is 0 Å². The van der Waals surface area contributed by atoms with Crippen molar-refractivity contribution in [2.45, 2.75) is 63.3 Å². The molecule has 3 aromatic heterocycles. The molecule has 1 saturated carbocycles. The van der Waals surface area contributed by atoms with Crippen LogP contribution in [0.5, 0.6) is 0 Å². The lowest BCUT2D eigenvalue weighted by Gasteiger charge is -2.33. The standard InChI is InChI=1S/C31H32ClFN6O3/c32-21-5-6-22(24(33)13-21)28-29-23(30(40)39-9-2-4-26(39)35-29)14-27(36-28)37-10-12-41-25(17-37)19-15-34-38(16-19)18-31-8-1-3-20(31)7-11-42-31/h5-6,13-16,20,25H,1-4,7-12,17-18H2/t20-,25+,31+/m1/s1. The van der Waals surface area contributed by atoms with E-state index < -0.39 is 5.82 Å². The van der Waals surface area contributed by atoms with Gasteiger partial charge in [0.1, 0.15) is 34.8 Å². The summed E-state index contributed by atoms with van der Waals surface area (Å²) in [6, 6.07) is 6.31. The fourth-order valence-corrected chi connectivity index (χ4v) is 7.60. The van der Waals surface area contributed by atoms with E-state index in [1.807, 2.05) is 10.9 Å². The van der Waals surface area contributed by atoms with Crippen LogP contribution in [-0.2, 0) is 29.0 Å². The lowest BCUT2D eigenvalue weighted by Crippen LogP contribution is -2.39. The van der Waals surface area contributed by atoms with Gasteiger partial charge >= 0.3 is 0 Å². The average Bonchev–Trinajstić information content (AvgIpc) is 3.78. The van der Waals surface area contributed by atoms with E-state index in [9.17, 15) is 4.79 Å². The molecule has 4 aliphatic rings. The molecule has 3 aliphatic heterocycles. The number of halogens is 2. The minimum atomic E-state index is -0.502. The molecule has 0 spiro atoms. The second kappa shape index (κ2) is 10.1. The average molecular weight is 591 g/mol. The van der Waals surface area contributed by atoms with E-state index in [1.165, 1.54) is 18.9 Å². The molecule has 0 amide bonds. The van der Waals surface area contributed by atoms with Gasteiger partial charge < -0.3 is 14.4 Å². The molecule has 8 rings (SSSR count). The van der Waals surface area contributed by atoms with E-state index in [1.54, 1.807) is 22.8 Å². The molecule has 1 aliphatic carbocycles. The largest absolute Gasteiger partial charge is 0.373 e. The highest BCUT2D eigenvalue weighted by Crippen LogP contribution is 2.46. The molecule has 3 atom stereocenters. The molecule has 2 saturated heterocycles. The zero-order chi connectivity index (χ0) is 28.4. The number of hydrogen-bond acceptors (Lipinski definition) is 7. The summed E-state index contributed by atoms with van der Waals surface area (Å²) in [5, 5.41) is 5.42. The zero-order valence-electron chi connectivity index (χ0n) is 23.3. The van der Waals surface area contributed by atoms with Gasteiger partial charge in [-0.05, 0) is 55.9 Å². The number of aromatic nitrogens is 5. The maximum Gasteiger partial charge on any atom is 0.261 e. The maximum absolute atomic E-state index is 15.2. The first-order valence-corrected chi connectivity index (χ1v) is 15.3. The summed E-state index contributed by atoms with van der Waals surface area (Å²) in [4.78, 5) is 25.4. The van der Waals surface area contributed by atoms with Crippen LogP contribution in [0.15, 0.2) is 41.5 Å². The minimum Gasteiger partial charge on any atom is -0.373 e. The van der Waals surface area contributed by atoms with Crippen LogP contribution < -0.4 is 10.5 Å². The second-order valence-corrected chi connectivity index (χ2v) is 12.4. The molecule has 0 N–H and O–H groups in total. The number of anilines is 1. The first-order chi connectivity index (χ1) is 20.5. The molecule has 4 aromatic rings. The molecular formula is C31H32ClFN6O3. The third kappa shape index (κ3) is 4.34. The summed E-state index contributed by atoms with van der Waals surface area (Å²) in [5.74, 6) is 1.42. The Hall–Kier alpha value is -3.34. The van der Waals surface area contributed by atoms with Gasteiger partial charge in [0.15, 0.2) is 0 Å². The monoisotopic (exact) mass is 590 g/mol. The smallest absolute Gasteiger partial charge is 0.261 e. The Kier molecular flexibility index (Phi) is 6.35.